The second-order valence-corrected chi connectivity index (χ2v) is 8.25. The molecule has 0 aliphatic carbocycles. The number of nitrogens with zero attached hydrogens (tertiary/aromatic N) is 3. The van der Waals surface area contributed by atoms with E-state index in [1.807, 2.05) is 62.4 Å². The van der Waals surface area contributed by atoms with Crippen LogP contribution in [0.4, 0.5) is 0 Å². The Morgan fingerprint density at radius 1 is 1.18 bits per heavy atom. The lowest BCUT2D eigenvalue weighted by atomic mass is 10.1. The molecule has 1 amide bonds. The maximum Gasteiger partial charge on any atom is 0.246 e. The van der Waals surface area contributed by atoms with Gasteiger partial charge >= 0.3 is 0 Å². The third-order valence-corrected chi connectivity index (χ3v) is 5.88. The van der Waals surface area contributed by atoms with E-state index in [-0.39, 0.29) is 17.7 Å². The van der Waals surface area contributed by atoms with Gasteiger partial charge in [-0.15, -0.1) is 11.8 Å². The molecule has 146 valence electrons. The highest BCUT2D eigenvalue weighted by Crippen LogP contribution is 2.28. The Kier molecular flexibility index (Phi) is 6.75. The number of hydrogen-bond donors (Lipinski definition) is 0. The SMILES string of the molecule is CC[C@@H](Sc1ccc(Cl)cc1)C(=O)N(C)Cc1nc(-c2ccc(C)cc2)no1. The molecule has 0 bridgehead atoms. The van der Waals surface area contributed by atoms with Crippen LogP contribution in [0.25, 0.3) is 11.4 Å². The summed E-state index contributed by atoms with van der Waals surface area (Å²) in [6.45, 7) is 4.30. The number of aromatic nitrogens is 2. The molecule has 2 aromatic carbocycles. The lowest BCUT2D eigenvalue weighted by Gasteiger charge is -2.21. The van der Waals surface area contributed by atoms with Crippen LogP contribution in [0.2, 0.25) is 5.02 Å². The number of amides is 1. The van der Waals surface area contributed by atoms with E-state index in [0.29, 0.717) is 16.7 Å². The van der Waals surface area contributed by atoms with E-state index < -0.39 is 0 Å². The largest absolute Gasteiger partial charge is 0.337 e. The highest BCUT2D eigenvalue weighted by Gasteiger charge is 2.23. The van der Waals surface area contributed by atoms with Crippen molar-refractivity contribution in [1.82, 2.24) is 15.0 Å². The molecule has 28 heavy (non-hydrogen) atoms. The zero-order chi connectivity index (χ0) is 20.1. The van der Waals surface area contributed by atoms with Crippen LogP contribution < -0.4 is 0 Å². The van der Waals surface area contributed by atoms with Gasteiger partial charge in [0.15, 0.2) is 0 Å². The van der Waals surface area contributed by atoms with Crippen molar-refractivity contribution in [3.63, 3.8) is 0 Å². The van der Waals surface area contributed by atoms with Gasteiger partial charge in [0.25, 0.3) is 0 Å². The molecule has 0 radical (unpaired) electrons. The smallest absolute Gasteiger partial charge is 0.246 e. The summed E-state index contributed by atoms with van der Waals surface area (Å²) in [5.74, 6) is 0.966. The molecule has 0 N–H and O–H groups in total. The van der Waals surface area contributed by atoms with Crippen LogP contribution in [-0.4, -0.2) is 33.2 Å². The van der Waals surface area contributed by atoms with Gasteiger partial charge in [-0.2, -0.15) is 4.98 Å². The molecule has 1 heterocycles. The van der Waals surface area contributed by atoms with Crippen LogP contribution in [-0.2, 0) is 11.3 Å². The Balaban J connectivity index is 1.64. The summed E-state index contributed by atoms with van der Waals surface area (Å²) >= 11 is 7.46. The molecule has 0 aliphatic rings. The van der Waals surface area contributed by atoms with Crippen molar-refractivity contribution in [1.29, 1.82) is 0 Å². The molecular formula is C21H22ClN3O2S. The van der Waals surface area contributed by atoms with Crippen molar-refractivity contribution < 1.29 is 9.32 Å². The molecular weight excluding hydrogens is 394 g/mol. The highest BCUT2D eigenvalue weighted by molar-refractivity contribution is 8.00. The van der Waals surface area contributed by atoms with Gasteiger partial charge in [-0.3, -0.25) is 4.79 Å². The summed E-state index contributed by atoms with van der Waals surface area (Å²) in [4.78, 5) is 19.9. The van der Waals surface area contributed by atoms with E-state index in [1.165, 1.54) is 17.3 Å². The van der Waals surface area contributed by atoms with E-state index in [2.05, 4.69) is 10.1 Å². The van der Waals surface area contributed by atoms with E-state index in [0.717, 1.165) is 16.9 Å². The van der Waals surface area contributed by atoms with Crippen LogP contribution in [0.15, 0.2) is 57.9 Å². The lowest BCUT2D eigenvalue weighted by molar-refractivity contribution is -0.130. The molecule has 0 unspecified atom stereocenters. The van der Waals surface area contributed by atoms with Crippen molar-refractivity contribution in [2.24, 2.45) is 0 Å². The van der Waals surface area contributed by atoms with Crippen LogP contribution in [0, 0.1) is 6.92 Å². The van der Waals surface area contributed by atoms with Gasteiger partial charge in [-0.25, -0.2) is 0 Å². The van der Waals surface area contributed by atoms with Crippen molar-refractivity contribution in [3.05, 3.63) is 65.0 Å². The van der Waals surface area contributed by atoms with Crippen LogP contribution in [0.3, 0.4) is 0 Å². The van der Waals surface area contributed by atoms with Crippen molar-refractivity contribution in [2.45, 2.75) is 37.0 Å². The topological polar surface area (TPSA) is 59.2 Å². The second-order valence-electron chi connectivity index (χ2n) is 6.54. The van der Waals surface area contributed by atoms with Crippen molar-refractivity contribution in [2.75, 3.05) is 7.05 Å². The van der Waals surface area contributed by atoms with E-state index in [1.54, 1.807) is 11.9 Å². The standard InChI is InChI=1S/C21H22ClN3O2S/c1-4-18(28-17-11-9-16(22)10-12-17)21(26)25(3)13-19-23-20(24-27-19)15-7-5-14(2)6-8-15/h5-12,18H,4,13H2,1-3H3/t18-/m1/s1. The molecule has 0 spiro atoms. The molecule has 5 nitrogen and oxygen atoms in total. The van der Waals surface area contributed by atoms with Gasteiger partial charge < -0.3 is 9.42 Å². The minimum Gasteiger partial charge on any atom is -0.337 e. The molecule has 0 aliphatic heterocycles. The van der Waals surface area contributed by atoms with E-state index in [4.69, 9.17) is 16.1 Å². The number of hydrogen-bond acceptors (Lipinski definition) is 5. The zero-order valence-corrected chi connectivity index (χ0v) is 17.6. The lowest BCUT2D eigenvalue weighted by Crippen LogP contribution is -2.34. The number of aryl methyl sites for hydroxylation is 1. The number of carbonyl (C=O) groups excluding carboxylic acids is 1. The normalized spacial score (nSPS) is 12.0. The Hall–Kier alpha value is -2.31. The van der Waals surface area contributed by atoms with Crippen molar-refractivity contribution in [3.8, 4) is 11.4 Å². The first-order valence-electron chi connectivity index (χ1n) is 9.03. The number of benzene rings is 2. The van der Waals surface area contributed by atoms with Gasteiger partial charge in [0, 0.05) is 22.5 Å². The fourth-order valence-electron chi connectivity index (χ4n) is 2.65. The average molecular weight is 416 g/mol. The first-order valence-corrected chi connectivity index (χ1v) is 10.3. The predicted octanol–water partition coefficient (Wildman–Crippen LogP) is 5.23. The van der Waals surface area contributed by atoms with Gasteiger partial charge in [0.2, 0.25) is 17.6 Å². The van der Waals surface area contributed by atoms with Crippen LogP contribution in [0.1, 0.15) is 24.8 Å². The van der Waals surface area contributed by atoms with Gasteiger partial charge in [0.05, 0.1) is 11.8 Å². The molecule has 3 aromatic rings. The fourth-order valence-corrected chi connectivity index (χ4v) is 3.85. The molecule has 0 saturated heterocycles. The van der Waals surface area contributed by atoms with Crippen LogP contribution >= 0.6 is 23.4 Å². The maximum atomic E-state index is 12.9. The first-order chi connectivity index (χ1) is 13.5. The second kappa shape index (κ2) is 9.26. The third kappa shape index (κ3) is 5.14. The molecule has 0 saturated carbocycles. The summed E-state index contributed by atoms with van der Waals surface area (Å²) in [6, 6.07) is 15.4. The quantitative estimate of drug-likeness (QED) is 0.494. The summed E-state index contributed by atoms with van der Waals surface area (Å²) in [5.41, 5.74) is 2.06. The average Bonchev–Trinajstić information content (AvgIpc) is 3.16. The Morgan fingerprint density at radius 3 is 2.50 bits per heavy atom. The van der Waals surface area contributed by atoms with E-state index in [9.17, 15) is 4.79 Å². The van der Waals surface area contributed by atoms with Gasteiger partial charge in [-0.05, 0) is 37.6 Å². The molecule has 3 rings (SSSR count). The highest BCUT2D eigenvalue weighted by atomic mass is 35.5. The Morgan fingerprint density at radius 2 is 1.86 bits per heavy atom. The third-order valence-electron chi connectivity index (χ3n) is 4.26. The van der Waals surface area contributed by atoms with Gasteiger partial charge in [0.1, 0.15) is 0 Å². The summed E-state index contributed by atoms with van der Waals surface area (Å²) in [7, 11) is 1.75. The minimum atomic E-state index is -0.189. The summed E-state index contributed by atoms with van der Waals surface area (Å²) in [5, 5.41) is 4.52. The molecule has 1 atom stereocenters. The number of halogens is 1. The number of rotatable bonds is 7. The Labute approximate surface area is 174 Å². The molecule has 1 aromatic heterocycles. The number of carbonyl (C=O) groups is 1. The van der Waals surface area contributed by atoms with Gasteiger partial charge in [-0.1, -0.05) is 53.5 Å². The monoisotopic (exact) mass is 415 g/mol. The Bertz CT molecular complexity index is 926. The molecule has 7 heteroatoms. The number of thioether (sulfide) groups is 1. The summed E-state index contributed by atoms with van der Waals surface area (Å²) in [6.07, 6.45) is 0.717. The zero-order valence-electron chi connectivity index (χ0n) is 16.1. The first kappa shape index (κ1) is 20.4. The molecule has 0 fully saturated rings. The van der Waals surface area contributed by atoms with E-state index >= 15 is 0 Å². The van der Waals surface area contributed by atoms with Crippen LogP contribution in [0.5, 0.6) is 0 Å². The maximum absolute atomic E-state index is 12.9. The predicted molar refractivity (Wildman–Crippen MR) is 112 cm³/mol. The summed E-state index contributed by atoms with van der Waals surface area (Å²) < 4.78 is 5.34. The minimum absolute atomic E-state index is 0.0255. The van der Waals surface area contributed by atoms with Crippen molar-refractivity contribution >= 4 is 29.3 Å². The fraction of sp³-hybridized carbons (Fsp3) is 0.286.